The van der Waals surface area contributed by atoms with E-state index in [1.165, 1.54) is 30.6 Å². The van der Waals surface area contributed by atoms with Crippen LogP contribution in [0.3, 0.4) is 0 Å². The molecular formula is C20H28N4O6S2. The standard InChI is InChI=1S/C20H28N4O6S2/c1-5-14-11-31-19(21-14)16(22-18(25)17(12(2)3)23-20(26)30-4)10-13-6-8-15(9-7-13)24-32(27,28)29/h6-9,11-12,16-17,24H,5,10H2,1-4H3,(H,22,25)(H,23,26)(H,27,28,29)/t16-,17?/m0/s1. The molecule has 176 valence electrons. The van der Waals surface area contributed by atoms with Crippen LogP contribution >= 0.6 is 11.3 Å². The van der Waals surface area contributed by atoms with Gasteiger partial charge in [0.1, 0.15) is 11.0 Å². The van der Waals surface area contributed by atoms with Crippen LogP contribution < -0.4 is 15.4 Å². The molecule has 12 heteroatoms. The summed E-state index contributed by atoms with van der Waals surface area (Å²) in [6, 6.07) is 5.14. The molecule has 0 fully saturated rings. The van der Waals surface area contributed by atoms with Crippen LogP contribution in [0.25, 0.3) is 0 Å². The number of hydrogen-bond acceptors (Lipinski definition) is 7. The molecule has 0 aliphatic rings. The average Bonchev–Trinajstić information content (AvgIpc) is 3.20. The lowest BCUT2D eigenvalue weighted by Crippen LogP contribution is -2.50. The van der Waals surface area contributed by atoms with Crippen molar-refractivity contribution in [2.75, 3.05) is 11.8 Å². The van der Waals surface area contributed by atoms with Gasteiger partial charge < -0.3 is 15.4 Å². The Morgan fingerprint density at radius 3 is 2.34 bits per heavy atom. The Labute approximate surface area is 191 Å². The zero-order chi connectivity index (χ0) is 23.9. The predicted molar refractivity (Wildman–Crippen MR) is 122 cm³/mol. The lowest BCUT2D eigenvalue weighted by molar-refractivity contribution is -0.124. The Morgan fingerprint density at radius 2 is 1.84 bits per heavy atom. The van der Waals surface area contributed by atoms with E-state index in [-0.39, 0.29) is 17.5 Å². The lowest BCUT2D eigenvalue weighted by atomic mass is 10.0. The molecule has 1 aromatic heterocycles. The molecule has 0 bridgehead atoms. The predicted octanol–water partition coefficient (Wildman–Crippen LogP) is 2.70. The number of carbonyl (C=O) groups excluding carboxylic acids is 2. The van der Waals surface area contributed by atoms with Crippen LogP contribution in [0.5, 0.6) is 0 Å². The third kappa shape index (κ3) is 7.77. The highest BCUT2D eigenvalue weighted by Crippen LogP contribution is 2.24. The van der Waals surface area contributed by atoms with Gasteiger partial charge in [0.2, 0.25) is 5.91 Å². The van der Waals surface area contributed by atoms with Crippen LogP contribution in [0.4, 0.5) is 10.5 Å². The van der Waals surface area contributed by atoms with Crippen LogP contribution in [0.15, 0.2) is 29.6 Å². The first-order chi connectivity index (χ1) is 15.0. The van der Waals surface area contributed by atoms with Gasteiger partial charge >= 0.3 is 16.4 Å². The van der Waals surface area contributed by atoms with E-state index in [2.05, 4.69) is 20.4 Å². The molecule has 4 N–H and O–H groups in total. The van der Waals surface area contributed by atoms with Crippen molar-refractivity contribution >= 4 is 39.3 Å². The molecule has 0 aliphatic heterocycles. The Balaban J connectivity index is 2.24. The molecule has 10 nitrogen and oxygen atoms in total. The zero-order valence-electron chi connectivity index (χ0n) is 18.3. The van der Waals surface area contributed by atoms with Crippen molar-refractivity contribution < 1.29 is 27.3 Å². The van der Waals surface area contributed by atoms with Gasteiger partial charge in [-0.3, -0.25) is 14.1 Å². The fourth-order valence-corrected chi connectivity index (χ4v) is 4.31. The summed E-state index contributed by atoms with van der Waals surface area (Å²) in [7, 11) is -3.13. The number of aryl methyl sites for hydroxylation is 1. The van der Waals surface area contributed by atoms with Gasteiger partial charge in [0.05, 0.1) is 24.5 Å². The number of thiazole rings is 1. The molecule has 0 spiro atoms. The number of anilines is 1. The maximum Gasteiger partial charge on any atom is 0.407 e. The molecular weight excluding hydrogens is 456 g/mol. The van der Waals surface area contributed by atoms with Gasteiger partial charge in [-0.15, -0.1) is 11.3 Å². The summed E-state index contributed by atoms with van der Waals surface area (Å²) >= 11 is 1.43. The van der Waals surface area contributed by atoms with Crippen LogP contribution in [0, 0.1) is 5.92 Å². The number of rotatable bonds is 10. The first-order valence-corrected chi connectivity index (χ1v) is 12.3. The van der Waals surface area contributed by atoms with Gasteiger partial charge in [0, 0.05) is 5.38 Å². The summed E-state index contributed by atoms with van der Waals surface area (Å²) < 4.78 is 37.4. The monoisotopic (exact) mass is 484 g/mol. The van der Waals surface area contributed by atoms with Crippen molar-refractivity contribution in [1.82, 2.24) is 15.6 Å². The van der Waals surface area contributed by atoms with E-state index >= 15 is 0 Å². The summed E-state index contributed by atoms with van der Waals surface area (Å²) in [5.74, 6) is -0.545. The molecule has 0 saturated heterocycles. The first kappa shape index (κ1) is 25.6. The third-order valence-electron chi connectivity index (χ3n) is 4.59. The van der Waals surface area contributed by atoms with E-state index in [0.29, 0.717) is 6.42 Å². The third-order valence-corrected chi connectivity index (χ3v) is 6.10. The second-order valence-corrected chi connectivity index (χ2v) is 9.47. The maximum atomic E-state index is 13.0. The topological polar surface area (TPSA) is 147 Å². The molecule has 1 aromatic carbocycles. The van der Waals surface area contributed by atoms with Crippen molar-refractivity contribution in [3.8, 4) is 0 Å². The average molecular weight is 485 g/mol. The number of ether oxygens (including phenoxy) is 1. The second kappa shape index (κ2) is 11.2. The zero-order valence-corrected chi connectivity index (χ0v) is 19.9. The molecule has 1 heterocycles. The summed E-state index contributed by atoms with van der Waals surface area (Å²) in [5, 5.41) is 8.17. The Bertz CT molecular complexity index is 1020. The lowest BCUT2D eigenvalue weighted by Gasteiger charge is -2.24. The quantitative estimate of drug-likeness (QED) is 0.379. The van der Waals surface area contributed by atoms with Crippen molar-refractivity contribution in [1.29, 1.82) is 0 Å². The molecule has 32 heavy (non-hydrogen) atoms. The molecule has 0 radical (unpaired) electrons. The van der Waals surface area contributed by atoms with Gasteiger partial charge in [-0.25, -0.2) is 9.78 Å². The maximum absolute atomic E-state index is 13.0. The van der Waals surface area contributed by atoms with Gasteiger partial charge in [0.15, 0.2) is 0 Å². The van der Waals surface area contributed by atoms with E-state index in [4.69, 9.17) is 4.55 Å². The number of aromatic nitrogens is 1. The minimum atomic E-state index is -4.36. The molecule has 1 unspecified atom stereocenters. The number of hydrogen-bond donors (Lipinski definition) is 4. The summed E-state index contributed by atoms with van der Waals surface area (Å²) in [5.41, 5.74) is 1.93. The van der Waals surface area contributed by atoms with Gasteiger partial charge in [0.25, 0.3) is 0 Å². The van der Waals surface area contributed by atoms with E-state index in [9.17, 15) is 18.0 Å². The highest BCUT2D eigenvalue weighted by molar-refractivity contribution is 7.87. The SMILES string of the molecule is CCc1csc([C@H](Cc2ccc(NS(=O)(=O)O)cc2)NC(=O)C(NC(=O)OC)C(C)C)n1. The van der Waals surface area contributed by atoms with Crippen molar-refractivity contribution in [3.05, 3.63) is 45.9 Å². The normalized spacial score (nSPS) is 13.3. The van der Waals surface area contributed by atoms with Gasteiger partial charge in [-0.05, 0) is 36.5 Å². The second-order valence-electron chi connectivity index (χ2n) is 7.43. The number of amides is 2. The summed E-state index contributed by atoms with van der Waals surface area (Å²) in [6.07, 6.45) is 0.448. The smallest absolute Gasteiger partial charge is 0.407 e. The molecule has 2 rings (SSSR count). The van der Waals surface area contributed by atoms with E-state index in [1.54, 1.807) is 12.1 Å². The van der Waals surface area contributed by atoms with Crippen molar-refractivity contribution in [2.24, 2.45) is 5.92 Å². The van der Waals surface area contributed by atoms with Crippen molar-refractivity contribution in [2.45, 2.75) is 45.7 Å². The fraction of sp³-hybridized carbons (Fsp3) is 0.450. The number of carbonyl (C=O) groups is 2. The molecule has 2 atom stereocenters. The van der Waals surface area contributed by atoms with Gasteiger partial charge in [-0.1, -0.05) is 32.9 Å². The highest BCUT2D eigenvalue weighted by Gasteiger charge is 2.28. The minimum absolute atomic E-state index is 0.178. The van der Waals surface area contributed by atoms with Crippen LogP contribution in [-0.4, -0.2) is 43.1 Å². The minimum Gasteiger partial charge on any atom is -0.453 e. The number of nitrogens with zero attached hydrogens (tertiary/aromatic N) is 1. The Hall–Kier alpha value is -2.70. The van der Waals surface area contributed by atoms with Crippen LogP contribution in [0.1, 0.15) is 43.1 Å². The number of nitrogens with one attached hydrogen (secondary N) is 3. The van der Waals surface area contributed by atoms with E-state index in [1.807, 2.05) is 30.9 Å². The number of benzene rings is 1. The van der Waals surface area contributed by atoms with Crippen molar-refractivity contribution in [3.63, 3.8) is 0 Å². The molecule has 0 aliphatic carbocycles. The molecule has 2 aromatic rings. The van der Waals surface area contributed by atoms with Crippen LogP contribution in [-0.2, 0) is 32.7 Å². The summed E-state index contributed by atoms with van der Waals surface area (Å²) in [6.45, 7) is 5.62. The fourth-order valence-electron chi connectivity index (χ4n) is 2.92. The summed E-state index contributed by atoms with van der Waals surface area (Å²) in [4.78, 5) is 29.2. The Kier molecular flexibility index (Phi) is 8.99. The van der Waals surface area contributed by atoms with Gasteiger partial charge in [-0.2, -0.15) is 8.42 Å². The number of alkyl carbamates (subject to hydrolysis) is 1. The van der Waals surface area contributed by atoms with E-state index in [0.717, 1.165) is 22.7 Å². The van der Waals surface area contributed by atoms with Crippen LogP contribution in [0.2, 0.25) is 0 Å². The largest absolute Gasteiger partial charge is 0.453 e. The Morgan fingerprint density at radius 1 is 1.19 bits per heavy atom. The molecule has 2 amide bonds. The number of methoxy groups -OCH3 is 1. The first-order valence-electron chi connectivity index (χ1n) is 9.95. The van der Waals surface area contributed by atoms with E-state index < -0.39 is 28.5 Å². The highest BCUT2D eigenvalue weighted by atomic mass is 32.2. The molecule has 0 saturated carbocycles.